The number of rotatable bonds is 13. The van der Waals surface area contributed by atoms with Gasteiger partial charge in [-0.05, 0) is 48.9 Å². The quantitative estimate of drug-likeness (QED) is 0.188. The molecule has 2 amide bonds. The summed E-state index contributed by atoms with van der Waals surface area (Å²) in [5.41, 5.74) is 2.13. The van der Waals surface area contributed by atoms with E-state index in [1.165, 1.54) is 44.4 Å². The van der Waals surface area contributed by atoms with Gasteiger partial charge in [-0.15, -0.1) is 0 Å². The largest absolute Gasteiger partial charge is 0.497 e. The van der Waals surface area contributed by atoms with Crippen LogP contribution in [0.25, 0.3) is 0 Å². The highest BCUT2D eigenvalue weighted by molar-refractivity contribution is 7.92. The molecule has 0 saturated heterocycles. The number of methoxy groups -OCH3 is 2. The molecule has 242 valence electrons. The maximum atomic E-state index is 14.6. The Hall–Kier alpha value is -4.25. The van der Waals surface area contributed by atoms with E-state index in [0.29, 0.717) is 21.4 Å². The van der Waals surface area contributed by atoms with Crippen molar-refractivity contribution in [1.82, 2.24) is 10.2 Å². The van der Waals surface area contributed by atoms with Gasteiger partial charge in [-0.25, -0.2) is 8.42 Å². The Bertz CT molecular complexity index is 1770. The number of ether oxygens (including phenoxy) is 2. The normalized spacial score (nSPS) is 11.8. The van der Waals surface area contributed by atoms with Crippen LogP contribution in [0.15, 0.2) is 95.9 Å². The number of aryl methyl sites for hydroxylation is 1. The molecule has 0 spiro atoms. The average molecular weight is 685 g/mol. The van der Waals surface area contributed by atoms with Crippen LogP contribution in [0.5, 0.6) is 11.5 Å². The Morgan fingerprint density at radius 2 is 1.52 bits per heavy atom. The third-order valence-corrected chi connectivity index (χ3v) is 9.93. The van der Waals surface area contributed by atoms with E-state index in [2.05, 4.69) is 5.32 Å². The summed E-state index contributed by atoms with van der Waals surface area (Å²) >= 11 is 13.1. The number of benzene rings is 4. The Morgan fingerprint density at radius 3 is 2.11 bits per heavy atom. The first-order valence-corrected chi connectivity index (χ1v) is 16.5. The smallest absolute Gasteiger partial charge is 0.264 e. The molecule has 4 aromatic carbocycles. The van der Waals surface area contributed by atoms with E-state index in [1.54, 1.807) is 42.5 Å². The number of hydrogen-bond acceptors (Lipinski definition) is 6. The van der Waals surface area contributed by atoms with Crippen LogP contribution >= 0.6 is 23.2 Å². The maximum absolute atomic E-state index is 14.6. The van der Waals surface area contributed by atoms with Crippen LogP contribution in [-0.2, 0) is 32.6 Å². The van der Waals surface area contributed by atoms with E-state index in [1.807, 2.05) is 37.3 Å². The first-order valence-electron chi connectivity index (χ1n) is 14.3. The second kappa shape index (κ2) is 15.4. The molecular weight excluding hydrogens is 649 g/mol. The van der Waals surface area contributed by atoms with Crippen LogP contribution in [-0.4, -0.2) is 59.0 Å². The number of halogens is 2. The second-order valence-corrected chi connectivity index (χ2v) is 13.1. The lowest BCUT2D eigenvalue weighted by Crippen LogP contribution is -2.53. The number of nitrogens with one attached hydrogen (secondary N) is 1. The lowest BCUT2D eigenvalue weighted by atomic mass is 10.0. The number of likely N-dealkylation sites (N-methyl/N-ethyl adjacent to an activating group) is 1. The van der Waals surface area contributed by atoms with Gasteiger partial charge in [0.2, 0.25) is 11.8 Å². The van der Waals surface area contributed by atoms with Gasteiger partial charge in [-0.3, -0.25) is 13.9 Å². The van der Waals surface area contributed by atoms with Crippen molar-refractivity contribution in [3.8, 4) is 11.5 Å². The Kier molecular flexibility index (Phi) is 11.6. The fraction of sp³-hybridized carbons (Fsp3) is 0.235. The summed E-state index contributed by atoms with van der Waals surface area (Å²) in [6.45, 7) is 0.978. The van der Waals surface area contributed by atoms with Gasteiger partial charge in [0.25, 0.3) is 10.0 Å². The van der Waals surface area contributed by atoms with Crippen molar-refractivity contribution in [2.24, 2.45) is 0 Å². The number of hydrogen-bond donors (Lipinski definition) is 1. The zero-order chi connectivity index (χ0) is 33.4. The zero-order valence-corrected chi connectivity index (χ0v) is 28.2. The molecule has 12 heteroatoms. The fourth-order valence-electron chi connectivity index (χ4n) is 4.92. The molecule has 0 saturated carbocycles. The molecule has 0 aliphatic heterocycles. The Labute approximate surface area is 279 Å². The fourth-order valence-corrected chi connectivity index (χ4v) is 6.85. The molecule has 46 heavy (non-hydrogen) atoms. The Balaban J connectivity index is 1.88. The lowest BCUT2D eigenvalue weighted by molar-refractivity contribution is -0.139. The SMILES string of the molecule is CNC(=O)C(Cc1ccccc1)N(Cc1c(Cl)cccc1Cl)C(=O)CN(c1cc(OC)ccc1OC)S(=O)(=O)c1ccc(C)cc1. The van der Waals surface area contributed by atoms with Crippen molar-refractivity contribution in [3.05, 3.63) is 118 Å². The van der Waals surface area contributed by atoms with Gasteiger partial charge < -0.3 is 19.7 Å². The molecule has 0 fully saturated rings. The van der Waals surface area contributed by atoms with Gasteiger partial charge >= 0.3 is 0 Å². The summed E-state index contributed by atoms with van der Waals surface area (Å²) in [5, 5.41) is 3.23. The standard InChI is InChI=1S/C34H35Cl2N3O6S/c1-23-13-16-26(17-14-23)46(42,43)39(30-20-25(44-3)15-18-32(30)45-4)22-33(40)38(21-27-28(35)11-8-12-29(27)36)31(34(41)37-2)19-24-9-6-5-7-10-24/h5-18,20,31H,19,21-22H2,1-4H3,(H,37,41). The number of carbonyl (C=O) groups is 2. The summed E-state index contributed by atoms with van der Waals surface area (Å²) in [4.78, 5) is 29.3. The zero-order valence-electron chi connectivity index (χ0n) is 25.9. The molecule has 0 aromatic heterocycles. The van der Waals surface area contributed by atoms with Crippen LogP contribution < -0.4 is 19.1 Å². The number of anilines is 1. The molecule has 0 aliphatic rings. The minimum atomic E-state index is -4.36. The highest BCUT2D eigenvalue weighted by Crippen LogP contribution is 2.36. The van der Waals surface area contributed by atoms with Gasteiger partial charge in [-0.2, -0.15) is 0 Å². The van der Waals surface area contributed by atoms with Crippen molar-refractivity contribution in [1.29, 1.82) is 0 Å². The molecule has 0 bridgehead atoms. The van der Waals surface area contributed by atoms with E-state index < -0.39 is 34.4 Å². The predicted octanol–water partition coefficient (Wildman–Crippen LogP) is 5.90. The molecule has 0 radical (unpaired) electrons. The molecule has 1 atom stereocenters. The van der Waals surface area contributed by atoms with Crippen LogP contribution in [0, 0.1) is 6.92 Å². The molecule has 1 unspecified atom stereocenters. The van der Waals surface area contributed by atoms with E-state index in [4.69, 9.17) is 32.7 Å². The van der Waals surface area contributed by atoms with E-state index in [0.717, 1.165) is 15.4 Å². The van der Waals surface area contributed by atoms with Crippen molar-refractivity contribution < 1.29 is 27.5 Å². The number of amides is 2. The first-order chi connectivity index (χ1) is 22.0. The lowest BCUT2D eigenvalue weighted by Gasteiger charge is -2.34. The van der Waals surface area contributed by atoms with Gasteiger partial charge in [0.1, 0.15) is 24.1 Å². The summed E-state index contributed by atoms with van der Waals surface area (Å²) in [6.07, 6.45) is 0.140. The molecular formula is C34H35Cl2N3O6S. The van der Waals surface area contributed by atoms with Crippen molar-refractivity contribution in [3.63, 3.8) is 0 Å². The van der Waals surface area contributed by atoms with E-state index >= 15 is 0 Å². The highest BCUT2D eigenvalue weighted by Gasteiger charge is 2.36. The minimum absolute atomic E-state index is 0.0383. The summed E-state index contributed by atoms with van der Waals surface area (Å²) in [5.74, 6) is -0.593. The highest BCUT2D eigenvalue weighted by atomic mass is 35.5. The Morgan fingerprint density at radius 1 is 0.870 bits per heavy atom. The first kappa shape index (κ1) is 34.6. The second-order valence-electron chi connectivity index (χ2n) is 10.4. The molecule has 4 aromatic rings. The molecule has 0 heterocycles. The molecule has 9 nitrogen and oxygen atoms in total. The van der Waals surface area contributed by atoms with Crippen LogP contribution in [0.4, 0.5) is 5.69 Å². The van der Waals surface area contributed by atoms with Crippen LogP contribution in [0.2, 0.25) is 10.0 Å². The molecule has 1 N–H and O–H groups in total. The topological polar surface area (TPSA) is 105 Å². The summed E-state index contributed by atoms with van der Waals surface area (Å²) in [6, 6.07) is 24.0. The van der Waals surface area contributed by atoms with Crippen molar-refractivity contribution in [2.45, 2.75) is 30.8 Å². The van der Waals surface area contributed by atoms with Crippen molar-refractivity contribution in [2.75, 3.05) is 32.1 Å². The van der Waals surface area contributed by atoms with Gasteiger partial charge in [0, 0.05) is 41.7 Å². The minimum Gasteiger partial charge on any atom is -0.497 e. The number of sulfonamides is 1. The van der Waals surface area contributed by atoms with E-state index in [9.17, 15) is 18.0 Å². The summed E-state index contributed by atoms with van der Waals surface area (Å²) < 4.78 is 40.5. The summed E-state index contributed by atoms with van der Waals surface area (Å²) in [7, 11) is -0.0397. The maximum Gasteiger partial charge on any atom is 0.264 e. The monoisotopic (exact) mass is 683 g/mol. The average Bonchev–Trinajstić information content (AvgIpc) is 3.06. The van der Waals surface area contributed by atoms with Gasteiger partial charge in [0.15, 0.2) is 0 Å². The van der Waals surface area contributed by atoms with Gasteiger partial charge in [-0.1, -0.05) is 77.3 Å². The third kappa shape index (κ3) is 7.93. The third-order valence-electron chi connectivity index (χ3n) is 7.45. The number of nitrogens with zero attached hydrogens (tertiary/aromatic N) is 2. The van der Waals surface area contributed by atoms with Crippen molar-refractivity contribution >= 4 is 50.7 Å². The van der Waals surface area contributed by atoms with E-state index in [-0.39, 0.29) is 29.3 Å². The van der Waals surface area contributed by atoms with Crippen LogP contribution in [0.3, 0.4) is 0 Å². The predicted molar refractivity (Wildman–Crippen MR) is 180 cm³/mol. The molecule has 0 aliphatic carbocycles. The molecule has 4 rings (SSSR count). The van der Waals surface area contributed by atoms with Crippen LogP contribution in [0.1, 0.15) is 16.7 Å². The number of carbonyl (C=O) groups excluding carboxylic acids is 2. The van der Waals surface area contributed by atoms with Gasteiger partial charge in [0.05, 0.1) is 24.8 Å².